The minimum absolute atomic E-state index is 0.192. The molecule has 1 aliphatic rings. The van der Waals surface area contributed by atoms with Crippen molar-refractivity contribution in [2.24, 2.45) is 0 Å². The molecule has 1 fully saturated rings. The van der Waals surface area contributed by atoms with E-state index < -0.39 is 9.84 Å². The number of nitrogens with two attached hydrogens (primary N) is 1. The summed E-state index contributed by atoms with van der Waals surface area (Å²) in [6, 6.07) is 5.56. The maximum absolute atomic E-state index is 11.6. The first-order valence-corrected chi connectivity index (χ1v) is 8.31. The van der Waals surface area contributed by atoms with Crippen LogP contribution in [0.3, 0.4) is 0 Å². The predicted octanol–water partition coefficient (Wildman–Crippen LogP) is 1.18. The van der Waals surface area contributed by atoms with Gasteiger partial charge in [-0.15, -0.1) is 0 Å². The predicted molar refractivity (Wildman–Crippen MR) is 78.1 cm³/mol. The zero-order valence-corrected chi connectivity index (χ0v) is 12.2. The zero-order valence-electron chi connectivity index (χ0n) is 11.4. The number of nitrogens with zero attached hydrogens (tertiary/aromatic N) is 1. The minimum atomic E-state index is -3.28. The molecule has 19 heavy (non-hydrogen) atoms. The molecule has 1 aromatic carbocycles. The van der Waals surface area contributed by atoms with Crippen molar-refractivity contribution in [2.75, 3.05) is 37.4 Å². The van der Waals surface area contributed by atoms with Gasteiger partial charge in [0.1, 0.15) is 0 Å². The second-order valence-corrected chi connectivity index (χ2v) is 7.13. The van der Waals surface area contributed by atoms with Gasteiger partial charge in [-0.2, -0.15) is 0 Å². The molecule has 6 heteroatoms. The Bertz CT molecular complexity index is 557. The van der Waals surface area contributed by atoms with E-state index in [4.69, 9.17) is 5.73 Å². The lowest BCUT2D eigenvalue weighted by atomic mass is 10.2. The van der Waals surface area contributed by atoms with Gasteiger partial charge in [-0.1, -0.05) is 6.07 Å². The Morgan fingerprint density at radius 2 is 2.21 bits per heavy atom. The summed E-state index contributed by atoms with van der Waals surface area (Å²) in [5.74, 6) is 0. The lowest BCUT2D eigenvalue weighted by Crippen LogP contribution is -2.31. The second-order valence-electron chi connectivity index (χ2n) is 5.15. The van der Waals surface area contributed by atoms with Crippen LogP contribution in [0.5, 0.6) is 0 Å². The van der Waals surface area contributed by atoms with Crippen LogP contribution in [0.2, 0.25) is 0 Å². The third-order valence-corrected chi connectivity index (χ3v) is 4.82. The minimum Gasteiger partial charge on any atom is -0.396 e. The van der Waals surface area contributed by atoms with Crippen molar-refractivity contribution in [3.05, 3.63) is 18.2 Å². The third kappa shape index (κ3) is 3.19. The fraction of sp³-hybridized carbons (Fsp3) is 0.538. The average molecular weight is 283 g/mol. The molecule has 1 aliphatic heterocycles. The summed E-state index contributed by atoms with van der Waals surface area (Å²) in [5, 5.41) is 3.27. The molecule has 0 saturated carbocycles. The number of likely N-dealkylation sites (tertiary alicyclic amines) is 1. The number of para-hydroxylation sites is 1. The van der Waals surface area contributed by atoms with Crippen LogP contribution < -0.4 is 11.1 Å². The fourth-order valence-electron chi connectivity index (χ4n) is 2.49. The Balaban J connectivity index is 2.13. The summed E-state index contributed by atoms with van der Waals surface area (Å²) >= 11 is 0. The molecule has 5 nitrogen and oxygen atoms in total. The van der Waals surface area contributed by atoms with Crippen LogP contribution in [0.4, 0.5) is 11.4 Å². The molecule has 2 rings (SSSR count). The van der Waals surface area contributed by atoms with Crippen LogP contribution in [-0.4, -0.2) is 45.8 Å². The Morgan fingerprint density at radius 1 is 1.47 bits per heavy atom. The maximum atomic E-state index is 11.6. The first kappa shape index (κ1) is 14.1. The number of benzene rings is 1. The molecule has 1 saturated heterocycles. The van der Waals surface area contributed by atoms with Crippen LogP contribution in [0, 0.1) is 0 Å². The van der Waals surface area contributed by atoms with Crippen molar-refractivity contribution in [1.82, 2.24) is 4.90 Å². The van der Waals surface area contributed by atoms with Crippen molar-refractivity contribution in [1.29, 1.82) is 0 Å². The van der Waals surface area contributed by atoms with Crippen molar-refractivity contribution >= 4 is 21.2 Å². The van der Waals surface area contributed by atoms with Gasteiger partial charge < -0.3 is 16.0 Å². The molecule has 1 unspecified atom stereocenters. The summed E-state index contributed by atoms with van der Waals surface area (Å²) in [6.45, 7) is 1.90. The number of hydrogen-bond donors (Lipinski definition) is 2. The highest BCUT2D eigenvalue weighted by Crippen LogP contribution is 2.27. The number of rotatable bonds is 4. The van der Waals surface area contributed by atoms with Gasteiger partial charge in [0.05, 0.1) is 16.3 Å². The van der Waals surface area contributed by atoms with E-state index in [2.05, 4.69) is 17.3 Å². The Morgan fingerprint density at radius 3 is 2.79 bits per heavy atom. The number of anilines is 2. The Hall–Kier alpha value is -1.27. The summed E-state index contributed by atoms with van der Waals surface area (Å²) in [6.07, 6.45) is 3.55. The number of nitrogen functional groups attached to an aromatic ring is 1. The largest absolute Gasteiger partial charge is 0.396 e. The molecule has 1 aromatic rings. The number of nitrogens with one attached hydrogen (secondary N) is 1. The van der Waals surface area contributed by atoms with Crippen LogP contribution >= 0.6 is 0 Å². The van der Waals surface area contributed by atoms with Crippen LogP contribution in [0.15, 0.2) is 23.1 Å². The van der Waals surface area contributed by atoms with E-state index >= 15 is 0 Å². The number of likely N-dealkylation sites (N-methyl/N-ethyl adjacent to an activating group) is 1. The fourth-order valence-corrected chi connectivity index (χ4v) is 3.32. The van der Waals surface area contributed by atoms with Crippen molar-refractivity contribution in [2.45, 2.75) is 23.8 Å². The van der Waals surface area contributed by atoms with Gasteiger partial charge >= 0.3 is 0 Å². The van der Waals surface area contributed by atoms with Crippen molar-refractivity contribution in [3.8, 4) is 0 Å². The average Bonchev–Trinajstić information content (AvgIpc) is 2.72. The Kier molecular flexibility index (Phi) is 4.01. The second kappa shape index (κ2) is 5.38. The molecule has 106 valence electrons. The van der Waals surface area contributed by atoms with E-state index in [9.17, 15) is 8.42 Å². The number of sulfone groups is 1. The number of hydrogen-bond acceptors (Lipinski definition) is 5. The van der Waals surface area contributed by atoms with E-state index in [0.717, 1.165) is 19.5 Å². The quantitative estimate of drug-likeness (QED) is 0.812. The third-order valence-electron chi connectivity index (χ3n) is 3.67. The van der Waals surface area contributed by atoms with Crippen LogP contribution in [0.1, 0.15) is 12.8 Å². The molecular weight excluding hydrogens is 262 g/mol. The highest BCUT2D eigenvalue weighted by Gasteiger charge is 2.21. The molecule has 1 heterocycles. The van der Waals surface area contributed by atoms with Crippen molar-refractivity contribution < 1.29 is 8.42 Å². The summed E-state index contributed by atoms with van der Waals surface area (Å²) < 4.78 is 23.2. The topological polar surface area (TPSA) is 75.4 Å². The van der Waals surface area contributed by atoms with Gasteiger partial charge in [-0.3, -0.25) is 0 Å². The van der Waals surface area contributed by atoms with E-state index in [1.165, 1.54) is 18.7 Å². The molecule has 0 amide bonds. The van der Waals surface area contributed by atoms with E-state index in [1.807, 2.05) is 6.07 Å². The normalized spacial score (nSPS) is 20.6. The van der Waals surface area contributed by atoms with Crippen LogP contribution in [-0.2, 0) is 9.84 Å². The smallest absolute Gasteiger partial charge is 0.177 e. The molecule has 0 aliphatic carbocycles. The summed E-state index contributed by atoms with van der Waals surface area (Å²) in [4.78, 5) is 2.50. The molecule has 0 bridgehead atoms. The van der Waals surface area contributed by atoms with E-state index in [-0.39, 0.29) is 4.90 Å². The molecule has 0 spiro atoms. The van der Waals surface area contributed by atoms with Gasteiger partial charge in [-0.05, 0) is 38.6 Å². The first-order valence-electron chi connectivity index (χ1n) is 6.42. The summed E-state index contributed by atoms with van der Waals surface area (Å²) in [5.41, 5.74) is 6.94. The molecule has 0 aromatic heterocycles. The molecule has 3 N–H and O–H groups in total. The first-order chi connectivity index (χ1) is 8.89. The van der Waals surface area contributed by atoms with Gasteiger partial charge in [0.25, 0.3) is 0 Å². The zero-order chi connectivity index (χ0) is 14.0. The standard InChI is InChI=1S/C13H21N3O2S/c1-16-8-4-5-10(16)9-15-11-6-3-7-12(13(11)14)19(2,17)18/h3,6-7,10,15H,4-5,8-9,14H2,1-2H3. The molecular formula is C13H21N3O2S. The molecule has 1 atom stereocenters. The van der Waals surface area contributed by atoms with Gasteiger partial charge in [0, 0.05) is 18.8 Å². The van der Waals surface area contributed by atoms with E-state index in [1.54, 1.807) is 6.07 Å². The lowest BCUT2D eigenvalue weighted by Gasteiger charge is -2.21. The molecule has 0 radical (unpaired) electrons. The van der Waals surface area contributed by atoms with E-state index in [0.29, 0.717) is 17.4 Å². The van der Waals surface area contributed by atoms with Gasteiger partial charge in [0.2, 0.25) is 0 Å². The highest BCUT2D eigenvalue weighted by molar-refractivity contribution is 7.90. The maximum Gasteiger partial charge on any atom is 0.177 e. The van der Waals surface area contributed by atoms with Gasteiger partial charge in [0.15, 0.2) is 9.84 Å². The van der Waals surface area contributed by atoms with Crippen molar-refractivity contribution in [3.63, 3.8) is 0 Å². The van der Waals surface area contributed by atoms with Crippen LogP contribution in [0.25, 0.3) is 0 Å². The lowest BCUT2D eigenvalue weighted by molar-refractivity contribution is 0.322. The summed E-state index contributed by atoms with van der Waals surface area (Å²) in [7, 11) is -1.17. The highest BCUT2D eigenvalue weighted by atomic mass is 32.2. The van der Waals surface area contributed by atoms with Gasteiger partial charge in [-0.25, -0.2) is 8.42 Å². The Labute approximate surface area is 114 Å². The SMILES string of the molecule is CN1CCCC1CNc1cccc(S(C)(=O)=O)c1N. The monoisotopic (exact) mass is 283 g/mol.